The number of rotatable bonds is 7. The average Bonchev–Trinajstić information content (AvgIpc) is 2.59. The molecule has 0 saturated carbocycles. The number of phenols is 1. The molecule has 0 fully saturated rings. The molecule has 0 aliphatic carbocycles. The molecule has 4 nitrogen and oxygen atoms in total. The smallest absolute Gasteiger partial charge is 0.342 e. The highest BCUT2D eigenvalue weighted by atomic mass is 16.5. The third kappa shape index (κ3) is 4.33. The Morgan fingerprint density at radius 1 is 1.04 bits per heavy atom. The predicted molar refractivity (Wildman–Crippen MR) is 90.7 cm³/mol. The summed E-state index contributed by atoms with van der Waals surface area (Å²) >= 11 is 0. The van der Waals surface area contributed by atoms with Crippen molar-refractivity contribution in [2.24, 2.45) is 0 Å². The molecule has 0 saturated heterocycles. The second-order valence-electron chi connectivity index (χ2n) is 5.41. The SMILES string of the molecule is CC[NH+](CC)CCOC(=O)c1cccc(-c2ccccc2)c1O. The summed E-state index contributed by atoms with van der Waals surface area (Å²) in [7, 11) is 0. The van der Waals surface area contributed by atoms with Gasteiger partial charge in [0.05, 0.1) is 13.1 Å². The minimum Gasteiger partial charge on any atom is -0.506 e. The van der Waals surface area contributed by atoms with Gasteiger partial charge in [0.25, 0.3) is 0 Å². The number of esters is 1. The largest absolute Gasteiger partial charge is 0.506 e. The first-order valence-electron chi connectivity index (χ1n) is 8.05. The van der Waals surface area contributed by atoms with Crippen LogP contribution in [0.1, 0.15) is 24.2 Å². The Morgan fingerprint density at radius 3 is 2.39 bits per heavy atom. The quantitative estimate of drug-likeness (QED) is 0.770. The fourth-order valence-corrected chi connectivity index (χ4v) is 2.53. The van der Waals surface area contributed by atoms with Gasteiger partial charge in [0.2, 0.25) is 0 Å². The Morgan fingerprint density at radius 2 is 1.74 bits per heavy atom. The number of carbonyl (C=O) groups excluding carboxylic acids is 1. The molecule has 0 unspecified atom stereocenters. The summed E-state index contributed by atoms with van der Waals surface area (Å²) < 4.78 is 5.31. The van der Waals surface area contributed by atoms with Gasteiger partial charge in [-0.15, -0.1) is 0 Å². The van der Waals surface area contributed by atoms with E-state index in [-0.39, 0.29) is 11.3 Å². The van der Waals surface area contributed by atoms with Crippen molar-refractivity contribution in [3.63, 3.8) is 0 Å². The van der Waals surface area contributed by atoms with E-state index in [1.54, 1.807) is 18.2 Å². The van der Waals surface area contributed by atoms with E-state index in [1.165, 1.54) is 4.90 Å². The van der Waals surface area contributed by atoms with E-state index in [1.807, 2.05) is 30.3 Å². The van der Waals surface area contributed by atoms with Crippen molar-refractivity contribution in [2.45, 2.75) is 13.8 Å². The zero-order valence-electron chi connectivity index (χ0n) is 13.7. The number of quaternary nitrogens is 1. The second-order valence-corrected chi connectivity index (χ2v) is 5.41. The van der Waals surface area contributed by atoms with E-state index in [0.29, 0.717) is 12.2 Å². The fourth-order valence-electron chi connectivity index (χ4n) is 2.53. The van der Waals surface area contributed by atoms with E-state index in [2.05, 4.69) is 13.8 Å². The lowest BCUT2D eigenvalue weighted by Gasteiger charge is -2.15. The lowest BCUT2D eigenvalue weighted by Crippen LogP contribution is -3.11. The molecule has 0 heterocycles. The topological polar surface area (TPSA) is 51.0 Å². The number of nitrogens with one attached hydrogen (secondary N) is 1. The lowest BCUT2D eigenvalue weighted by molar-refractivity contribution is -0.896. The highest BCUT2D eigenvalue weighted by Gasteiger charge is 2.17. The summed E-state index contributed by atoms with van der Waals surface area (Å²) in [5.74, 6) is -0.509. The highest BCUT2D eigenvalue weighted by Crippen LogP contribution is 2.32. The zero-order chi connectivity index (χ0) is 16.7. The number of hydrogen-bond acceptors (Lipinski definition) is 3. The molecule has 0 aliphatic heterocycles. The van der Waals surface area contributed by atoms with E-state index in [9.17, 15) is 9.90 Å². The van der Waals surface area contributed by atoms with Crippen LogP contribution in [0.25, 0.3) is 11.1 Å². The molecule has 0 bridgehead atoms. The first-order chi connectivity index (χ1) is 11.2. The van der Waals surface area contributed by atoms with Gasteiger partial charge in [0.1, 0.15) is 24.5 Å². The van der Waals surface area contributed by atoms with Crippen LogP contribution >= 0.6 is 0 Å². The van der Waals surface area contributed by atoms with Crippen LogP contribution in [0.2, 0.25) is 0 Å². The molecule has 0 radical (unpaired) electrons. The Balaban J connectivity index is 2.10. The monoisotopic (exact) mass is 314 g/mol. The van der Waals surface area contributed by atoms with Gasteiger partial charge < -0.3 is 14.7 Å². The van der Waals surface area contributed by atoms with Crippen LogP contribution in [0.3, 0.4) is 0 Å². The van der Waals surface area contributed by atoms with Gasteiger partial charge in [0.15, 0.2) is 0 Å². The Kier molecular flexibility index (Phi) is 6.18. The normalized spacial score (nSPS) is 10.7. The first-order valence-corrected chi connectivity index (χ1v) is 8.05. The van der Waals surface area contributed by atoms with Crippen molar-refractivity contribution in [1.29, 1.82) is 0 Å². The van der Waals surface area contributed by atoms with E-state index in [4.69, 9.17) is 4.74 Å². The molecular formula is C19H24NO3+. The molecule has 2 rings (SSSR count). The maximum atomic E-state index is 12.2. The molecule has 0 aliphatic rings. The van der Waals surface area contributed by atoms with Crippen LogP contribution in [0.4, 0.5) is 0 Å². The van der Waals surface area contributed by atoms with E-state index < -0.39 is 5.97 Å². The van der Waals surface area contributed by atoms with Crippen LogP contribution < -0.4 is 4.90 Å². The number of likely N-dealkylation sites (N-methyl/N-ethyl adjacent to an activating group) is 1. The molecule has 2 aromatic carbocycles. The second kappa shape index (κ2) is 8.34. The van der Waals surface area contributed by atoms with Crippen molar-refractivity contribution >= 4 is 5.97 Å². The Hall–Kier alpha value is -2.33. The van der Waals surface area contributed by atoms with E-state index in [0.717, 1.165) is 25.2 Å². The molecule has 0 atom stereocenters. The van der Waals surface area contributed by atoms with Crippen LogP contribution in [0.15, 0.2) is 48.5 Å². The minimum atomic E-state index is -0.480. The number of phenolic OH excluding ortho intramolecular Hbond substituents is 1. The molecule has 23 heavy (non-hydrogen) atoms. The number of benzene rings is 2. The molecule has 2 N–H and O–H groups in total. The fraction of sp³-hybridized carbons (Fsp3) is 0.316. The maximum Gasteiger partial charge on any atom is 0.342 e. The van der Waals surface area contributed by atoms with Gasteiger partial charge >= 0.3 is 5.97 Å². The van der Waals surface area contributed by atoms with Crippen molar-refractivity contribution < 1.29 is 19.5 Å². The molecule has 0 amide bonds. The van der Waals surface area contributed by atoms with Crippen molar-refractivity contribution in [3.8, 4) is 16.9 Å². The van der Waals surface area contributed by atoms with Crippen molar-refractivity contribution in [3.05, 3.63) is 54.1 Å². The van der Waals surface area contributed by atoms with Crippen LogP contribution in [-0.2, 0) is 4.74 Å². The predicted octanol–water partition coefficient (Wildman–Crippen LogP) is 2.14. The molecular weight excluding hydrogens is 290 g/mol. The van der Waals surface area contributed by atoms with Gasteiger partial charge in [-0.3, -0.25) is 0 Å². The molecule has 4 heteroatoms. The van der Waals surface area contributed by atoms with Gasteiger partial charge in [0, 0.05) is 5.56 Å². The number of ether oxygens (including phenoxy) is 1. The molecule has 122 valence electrons. The lowest BCUT2D eigenvalue weighted by atomic mass is 10.0. The average molecular weight is 314 g/mol. The van der Waals surface area contributed by atoms with Gasteiger partial charge in [-0.25, -0.2) is 4.79 Å². The number of carbonyl (C=O) groups is 1. The molecule has 0 aromatic heterocycles. The summed E-state index contributed by atoms with van der Waals surface area (Å²) in [6.07, 6.45) is 0. The Bertz CT molecular complexity index is 636. The van der Waals surface area contributed by atoms with Gasteiger partial charge in [-0.2, -0.15) is 0 Å². The number of hydrogen-bond donors (Lipinski definition) is 2. The maximum absolute atomic E-state index is 12.2. The number of para-hydroxylation sites is 1. The Labute approximate surface area is 137 Å². The van der Waals surface area contributed by atoms with E-state index >= 15 is 0 Å². The zero-order valence-corrected chi connectivity index (χ0v) is 13.7. The van der Waals surface area contributed by atoms with Crippen LogP contribution in [0.5, 0.6) is 5.75 Å². The van der Waals surface area contributed by atoms with Crippen LogP contribution in [-0.4, -0.2) is 37.3 Å². The molecule has 2 aromatic rings. The summed E-state index contributed by atoms with van der Waals surface area (Å²) in [6, 6.07) is 14.6. The highest BCUT2D eigenvalue weighted by molar-refractivity contribution is 5.95. The van der Waals surface area contributed by atoms with Crippen molar-refractivity contribution in [1.82, 2.24) is 0 Å². The first kappa shape index (κ1) is 17.0. The summed E-state index contributed by atoms with van der Waals surface area (Å²) in [6.45, 7) is 7.35. The minimum absolute atomic E-state index is 0.0288. The third-order valence-electron chi connectivity index (χ3n) is 4.03. The summed E-state index contributed by atoms with van der Waals surface area (Å²) in [5, 5.41) is 10.4. The summed E-state index contributed by atoms with van der Waals surface area (Å²) in [5.41, 5.74) is 1.71. The van der Waals surface area contributed by atoms with Gasteiger partial charge in [-0.05, 0) is 25.5 Å². The molecule has 0 spiro atoms. The van der Waals surface area contributed by atoms with Crippen molar-refractivity contribution in [2.75, 3.05) is 26.2 Å². The van der Waals surface area contributed by atoms with Crippen LogP contribution in [0, 0.1) is 0 Å². The van der Waals surface area contributed by atoms with Gasteiger partial charge in [-0.1, -0.05) is 42.5 Å². The third-order valence-corrected chi connectivity index (χ3v) is 4.03. The standard InChI is InChI=1S/C19H23NO3/c1-3-20(4-2)13-14-23-19(22)17-12-8-11-16(18(17)21)15-9-6-5-7-10-15/h5-12,21H,3-4,13-14H2,1-2H3/p+1. The summed E-state index contributed by atoms with van der Waals surface area (Å²) in [4.78, 5) is 13.6. The number of aromatic hydroxyl groups is 1.